The average Bonchev–Trinajstić information content (AvgIpc) is 3.25. The molecule has 3 aromatic carbocycles. The number of aromatic amines is 1. The third-order valence-corrected chi connectivity index (χ3v) is 8.98. The van der Waals surface area contributed by atoms with Gasteiger partial charge < -0.3 is 20.1 Å². The highest BCUT2D eigenvalue weighted by Gasteiger charge is 2.22. The molecule has 9 nitrogen and oxygen atoms in total. The number of aliphatic carboxylic acids is 1. The lowest BCUT2D eigenvalue weighted by atomic mass is 9.98. The predicted octanol–water partition coefficient (Wildman–Crippen LogP) is 5.82. The molecule has 0 aliphatic rings. The van der Waals surface area contributed by atoms with Gasteiger partial charge in [-0.1, -0.05) is 48.9 Å². The molecule has 4 rings (SSSR count). The smallest absolute Gasteiger partial charge is 0.303 e. The number of rotatable bonds is 13. The minimum atomic E-state index is -3.50. The van der Waals surface area contributed by atoms with Gasteiger partial charge in [0, 0.05) is 35.5 Å². The van der Waals surface area contributed by atoms with Crippen LogP contribution in [0.5, 0.6) is 5.88 Å². The van der Waals surface area contributed by atoms with E-state index in [1.54, 1.807) is 36.4 Å². The van der Waals surface area contributed by atoms with Crippen molar-refractivity contribution in [2.45, 2.75) is 26.2 Å². The molecule has 0 bridgehead atoms. The van der Waals surface area contributed by atoms with Crippen molar-refractivity contribution >= 4 is 55.6 Å². The fourth-order valence-electron chi connectivity index (χ4n) is 4.65. The van der Waals surface area contributed by atoms with E-state index in [1.165, 1.54) is 4.31 Å². The molecule has 4 aromatic rings. The van der Waals surface area contributed by atoms with Crippen LogP contribution in [-0.4, -0.2) is 73.1 Å². The zero-order valence-electron chi connectivity index (χ0n) is 23.8. The van der Waals surface area contributed by atoms with Gasteiger partial charge in [0.05, 0.1) is 33.9 Å². The molecule has 0 amide bonds. The van der Waals surface area contributed by atoms with Crippen molar-refractivity contribution in [2.24, 2.45) is 4.99 Å². The van der Waals surface area contributed by atoms with Crippen molar-refractivity contribution < 1.29 is 23.4 Å². The number of sulfonamides is 1. The number of carboxylic acid groups (broad SMARTS) is 1. The van der Waals surface area contributed by atoms with Gasteiger partial charge >= 0.3 is 5.97 Å². The maximum absolute atomic E-state index is 13.1. The summed E-state index contributed by atoms with van der Waals surface area (Å²) in [6.45, 7) is 2.73. The standard InChI is InChI=1S/C31H35ClN4O5S/c1-4-19-42(40,41)36(18-17-35(2)3)25-13-11-24(12-14-25)33-30(22-8-5-21(6-9-22)7-16-28(37)38)29-26-15-10-23(32)20-27(26)34-31(29)39/h5-6,8-15,20,34,39H,4,7,16-19H2,1-3H3,(H,37,38). The first kappa shape index (κ1) is 31.1. The third-order valence-electron chi connectivity index (χ3n) is 6.76. The Morgan fingerprint density at radius 3 is 2.31 bits per heavy atom. The Morgan fingerprint density at radius 2 is 1.69 bits per heavy atom. The minimum Gasteiger partial charge on any atom is -0.494 e. The Morgan fingerprint density at radius 1 is 1.00 bits per heavy atom. The molecule has 0 spiro atoms. The summed E-state index contributed by atoms with van der Waals surface area (Å²) in [4.78, 5) is 20.8. The summed E-state index contributed by atoms with van der Waals surface area (Å²) in [7, 11) is 0.302. The Hall–Kier alpha value is -3.86. The molecule has 222 valence electrons. The second-order valence-electron chi connectivity index (χ2n) is 10.3. The van der Waals surface area contributed by atoms with Gasteiger partial charge in [-0.15, -0.1) is 0 Å². The molecule has 1 heterocycles. The number of fused-ring (bicyclic) bond motifs is 1. The highest BCUT2D eigenvalue weighted by Crippen LogP contribution is 2.33. The zero-order valence-corrected chi connectivity index (χ0v) is 25.4. The second-order valence-corrected chi connectivity index (χ2v) is 12.7. The summed E-state index contributed by atoms with van der Waals surface area (Å²) < 4.78 is 27.5. The SMILES string of the molecule is CCCS(=O)(=O)N(CCN(C)C)c1ccc(N=C(c2ccc(CCC(=O)O)cc2)c2c(O)[nH]c3cc(Cl)ccc23)cc1. The van der Waals surface area contributed by atoms with E-state index >= 15 is 0 Å². The summed E-state index contributed by atoms with van der Waals surface area (Å²) in [5.74, 6) is -0.885. The van der Waals surface area contributed by atoms with E-state index in [4.69, 9.17) is 21.7 Å². The molecule has 0 saturated carbocycles. The first-order valence-electron chi connectivity index (χ1n) is 13.6. The molecule has 0 aliphatic carbocycles. The lowest BCUT2D eigenvalue weighted by molar-refractivity contribution is -0.136. The number of carbonyl (C=O) groups is 1. The highest BCUT2D eigenvalue weighted by atomic mass is 35.5. The van der Waals surface area contributed by atoms with Crippen LogP contribution in [0.25, 0.3) is 10.9 Å². The average molecular weight is 611 g/mol. The van der Waals surface area contributed by atoms with Crippen LogP contribution >= 0.6 is 11.6 Å². The molecular weight excluding hydrogens is 576 g/mol. The zero-order chi connectivity index (χ0) is 30.4. The Balaban J connectivity index is 1.78. The Kier molecular flexibility index (Phi) is 9.93. The number of aliphatic imine (C=N–C) groups is 1. The van der Waals surface area contributed by atoms with E-state index in [0.717, 1.165) is 10.9 Å². The lowest BCUT2D eigenvalue weighted by Crippen LogP contribution is -2.38. The van der Waals surface area contributed by atoms with Crippen LogP contribution in [0.15, 0.2) is 71.7 Å². The highest BCUT2D eigenvalue weighted by molar-refractivity contribution is 7.92. The summed E-state index contributed by atoms with van der Waals surface area (Å²) in [6, 6.07) is 19.6. The van der Waals surface area contributed by atoms with E-state index < -0.39 is 16.0 Å². The lowest BCUT2D eigenvalue weighted by Gasteiger charge is -2.26. The summed E-state index contributed by atoms with van der Waals surface area (Å²) in [5, 5.41) is 21.3. The number of anilines is 1. The van der Waals surface area contributed by atoms with Crippen molar-refractivity contribution in [3.8, 4) is 5.88 Å². The van der Waals surface area contributed by atoms with Gasteiger partial charge in [0.1, 0.15) is 0 Å². The molecule has 11 heteroatoms. The van der Waals surface area contributed by atoms with Crippen molar-refractivity contribution in [3.63, 3.8) is 0 Å². The number of benzene rings is 3. The molecule has 0 unspecified atom stereocenters. The number of hydrogen-bond donors (Lipinski definition) is 3. The molecule has 0 saturated heterocycles. The molecule has 0 atom stereocenters. The van der Waals surface area contributed by atoms with Gasteiger partial charge in [-0.2, -0.15) is 0 Å². The molecule has 0 radical (unpaired) electrons. The van der Waals surface area contributed by atoms with Crippen LogP contribution in [0, 0.1) is 0 Å². The minimum absolute atomic E-state index is 0.0240. The van der Waals surface area contributed by atoms with Crippen molar-refractivity contribution in [2.75, 3.05) is 37.2 Å². The molecular formula is C31H35ClN4O5S. The van der Waals surface area contributed by atoms with E-state index in [2.05, 4.69) is 4.98 Å². The van der Waals surface area contributed by atoms with Crippen LogP contribution in [0.2, 0.25) is 5.02 Å². The van der Waals surface area contributed by atoms with E-state index in [-0.39, 0.29) is 18.1 Å². The van der Waals surface area contributed by atoms with Crippen LogP contribution in [-0.2, 0) is 21.2 Å². The van der Waals surface area contributed by atoms with Crippen LogP contribution in [0.3, 0.4) is 0 Å². The first-order valence-corrected chi connectivity index (χ1v) is 15.6. The Labute approximate surface area is 251 Å². The van der Waals surface area contributed by atoms with Crippen LogP contribution < -0.4 is 4.31 Å². The van der Waals surface area contributed by atoms with Gasteiger partial charge in [0.15, 0.2) is 5.88 Å². The molecule has 42 heavy (non-hydrogen) atoms. The summed E-state index contributed by atoms with van der Waals surface area (Å²) in [5.41, 5.74) is 4.32. The molecule has 1 aromatic heterocycles. The largest absolute Gasteiger partial charge is 0.494 e. The van der Waals surface area contributed by atoms with E-state index in [0.29, 0.717) is 64.7 Å². The quantitative estimate of drug-likeness (QED) is 0.164. The maximum atomic E-state index is 13.1. The number of nitrogens with one attached hydrogen (secondary N) is 1. The number of hydrogen-bond acceptors (Lipinski definition) is 6. The number of aryl methyl sites for hydroxylation is 1. The van der Waals surface area contributed by atoms with Crippen molar-refractivity contribution in [3.05, 3.63) is 88.4 Å². The number of aromatic hydroxyl groups is 1. The monoisotopic (exact) mass is 610 g/mol. The number of H-pyrrole nitrogens is 1. The number of carboxylic acids is 1. The number of aromatic nitrogens is 1. The van der Waals surface area contributed by atoms with Gasteiger partial charge in [-0.05, 0) is 68.9 Å². The van der Waals surface area contributed by atoms with Gasteiger partial charge in [-0.25, -0.2) is 13.4 Å². The fourth-order valence-corrected chi connectivity index (χ4v) is 6.36. The maximum Gasteiger partial charge on any atom is 0.303 e. The molecule has 3 N–H and O–H groups in total. The third kappa shape index (κ3) is 7.50. The number of likely N-dealkylation sites (N-methyl/N-ethyl adjacent to an activating group) is 1. The number of halogens is 1. The van der Waals surface area contributed by atoms with Gasteiger partial charge in [0.25, 0.3) is 0 Å². The first-order chi connectivity index (χ1) is 20.0. The predicted molar refractivity (Wildman–Crippen MR) is 169 cm³/mol. The van der Waals surface area contributed by atoms with Crippen molar-refractivity contribution in [1.82, 2.24) is 9.88 Å². The van der Waals surface area contributed by atoms with Gasteiger partial charge in [0.2, 0.25) is 10.0 Å². The van der Waals surface area contributed by atoms with Crippen LogP contribution in [0.1, 0.15) is 36.5 Å². The fraction of sp³-hybridized carbons (Fsp3) is 0.290. The molecule has 0 fully saturated rings. The second kappa shape index (κ2) is 13.4. The summed E-state index contributed by atoms with van der Waals surface area (Å²) >= 11 is 6.18. The topological polar surface area (TPSA) is 126 Å². The van der Waals surface area contributed by atoms with Crippen molar-refractivity contribution in [1.29, 1.82) is 0 Å². The van der Waals surface area contributed by atoms with Gasteiger partial charge in [-0.3, -0.25) is 9.10 Å². The summed E-state index contributed by atoms with van der Waals surface area (Å²) in [6.07, 6.45) is 0.933. The van der Waals surface area contributed by atoms with E-state index in [9.17, 15) is 18.3 Å². The number of nitrogens with zero attached hydrogens (tertiary/aromatic N) is 3. The Bertz CT molecular complexity index is 1680. The molecule has 0 aliphatic heterocycles. The van der Waals surface area contributed by atoms with Crippen LogP contribution in [0.4, 0.5) is 11.4 Å². The van der Waals surface area contributed by atoms with E-state index in [1.807, 2.05) is 56.3 Å². The normalized spacial score (nSPS) is 12.3.